The highest BCUT2D eigenvalue weighted by Gasteiger charge is 2.12. The fourth-order valence-electron chi connectivity index (χ4n) is 2.51. The fraction of sp³-hybridized carbons (Fsp3) is 0.0556. The highest BCUT2D eigenvalue weighted by atomic mass is 32.1. The number of thiazole rings is 1. The van der Waals surface area contributed by atoms with Crippen LogP contribution >= 0.6 is 11.3 Å². The lowest BCUT2D eigenvalue weighted by Crippen LogP contribution is -1.94. The smallest absolute Gasteiger partial charge is 0.203 e. The second kappa shape index (κ2) is 6.45. The standard InChI is InChI=1S/C18H14FN5S/c1-24-16-5-3-2-4-14(16)21-17(24)15-11-25-18(22-15)23-20-10-12-6-8-13(19)9-7-12/h2-11H,1H3,(H,22,23)/b20-10-. The van der Waals surface area contributed by atoms with Crippen molar-refractivity contribution in [2.24, 2.45) is 12.1 Å². The van der Waals surface area contributed by atoms with E-state index in [-0.39, 0.29) is 5.82 Å². The molecule has 0 atom stereocenters. The molecule has 0 aliphatic heterocycles. The van der Waals surface area contributed by atoms with Crippen LogP contribution in [0.5, 0.6) is 0 Å². The molecule has 4 aromatic rings. The molecule has 0 saturated heterocycles. The molecular formula is C18H14FN5S. The summed E-state index contributed by atoms with van der Waals surface area (Å²) in [4.78, 5) is 9.17. The van der Waals surface area contributed by atoms with Crippen LogP contribution < -0.4 is 5.43 Å². The van der Waals surface area contributed by atoms with Gasteiger partial charge in [0.05, 0.1) is 17.2 Å². The molecule has 0 amide bonds. The first-order chi connectivity index (χ1) is 12.2. The highest BCUT2D eigenvalue weighted by Crippen LogP contribution is 2.26. The molecule has 0 saturated carbocycles. The number of imidazole rings is 1. The number of anilines is 1. The fourth-order valence-corrected chi connectivity index (χ4v) is 3.15. The third-order valence-corrected chi connectivity index (χ3v) is 4.51. The summed E-state index contributed by atoms with van der Waals surface area (Å²) in [5.41, 5.74) is 6.50. The van der Waals surface area contributed by atoms with Crippen LogP contribution in [-0.2, 0) is 7.05 Å². The van der Waals surface area contributed by atoms with Crippen molar-refractivity contribution in [1.82, 2.24) is 14.5 Å². The van der Waals surface area contributed by atoms with Gasteiger partial charge in [-0.2, -0.15) is 5.10 Å². The predicted molar refractivity (Wildman–Crippen MR) is 99.4 cm³/mol. The zero-order valence-corrected chi connectivity index (χ0v) is 14.2. The zero-order chi connectivity index (χ0) is 17.2. The number of rotatable bonds is 4. The Hall–Kier alpha value is -3.06. The summed E-state index contributed by atoms with van der Waals surface area (Å²) in [7, 11) is 1.98. The van der Waals surface area contributed by atoms with Crippen molar-refractivity contribution < 1.29 is 4.39 Å². The summed E-state index contributed by atoms with van der Waals surface area (Å²) in [5, 5.41) is 6.75. The van der Waals surface area contributed by atoms with Gasteiger partial charge in [-0.3, -0.25) is 5.43 Å². The van der Waals surface area contributed by atoms with Crippen molar-refractivity contribution in [1.29, 1.82) is 0 Å². The molecule has 124 valence electrons. The molecule has 0 spiro atoms. The minimum atomic E-state index is -0.267. The van der Waals surface area contributed by atoms with Gasteiger partial charge in [-0.05, 0) is 29.8 Å². The van der Waals surface area contributed by atoms with Gasteiger partial charge in [-0.25, -0.2) is 14.4 Å². The number of aromatic nitrogens is 3. The monoisotopic (exact) mass is 351 g/mol. The minimum Gasteiger partial charge on any atom is -0.326 e. The van der Waals surface area contributed by atoms with Crippen LogP contribution in [0.3, 0.4) is 0 Å². The van der Waals surface area contributed by atoms with Crippen LogP contribution in [0.15, 0.2) is 59.0 Å². The van der Waals surface area contributed by atoms with E-state index in [1.165, 1.54) is 23.5 Å². The molecule has 5 nitrogen and oxygen atoms in total. The first kappa shape index (κ1) is 15.5. The Morgan fingerprint density at radius 3 is 2.72 bits per heavy atom. The lowest BCUT2D eigenvalue weighted by Gasteiger charge is -1.98. The van der Waals surface area contributed by atoms with Gasteiger partial charge in [0.1, 0.15) is 11.5 Å². The number of aryl methyl sites for hydroxylation is 1. The molecule has 7 heteroatoms. The second-order valence-electron chi connectivity index (χ2n) is 5.44. The van der Waals surface area contributed by atoms with Crippen LogP contribution in [0.4, 0.5) is 9.52 Å². The number of fused-ring (bicyclic) bond motifs is 1. The lowest BCUT2D eigenvalue weighted by atomic mass is 10.2. The van der Waals surface area contributed by atoms with Crippen molar-refractivity contribution in [2.75, 3.05) is 5.43 Å². The Balaban J connectivity index is 1.53. The number of hydrogen-bond acceptors (Lipinski definition) is 5. The number of nitrogens with one attached hydrogen (secondary N) is 1. The summed E-state index contributed by atoms with van der Waals surface area (Å²) >= 11 is 1.45. The van der Waals surface area contributed by atoms with Crippen LogP contribution in [0.25, 0.3) is 22.6 Å². The maximum Gasteiger partial charge on any atom is 0.203 e. The van der Waals surface area contributed by atoms with Crippen molar-refractivity contribution in [2.45, 2.75) is 0 Å². The molecule has 0 bridgehead atoms. The van der Waals surface area contributed by atoms with E-state index in [1.807, 2.05) is 41.3 Å². The molecule has 2 heterocycles. The summed E-state index contributed by atoms with van der Waals surface area (Å²) in [5.74, 6) is 0.546. The largest absolute Gasteiger partial charge is 0.326 e. The third kappa shape index (κ3) is 3.14. The molecule has 4 rings (SSSR count). The number of para-hydroxylation sites is 2. The van der Waals surface area contributed by atoms with Gasteiger partial charge in [0.25, 0.3) is 0 Å². The molecule has 25 heavy (non-hydrogen) atoms. The van der Waals surface area contributed by atoms with E-state index >= 15 is 0 Å². The SMILES string of the molecule is Cn1c(-c2csc(N/N=C\c3ccc(F)cc3)n2)nc2ccccc21. The van der Waals surface area contributed by atoms with E-state index in [9.17, 15) is 4.39 Å². The molecule has 0 radical (unpaired) electrons. The van der Waals surface area contributed by atoms with Crippen molar-refractivity contribution in [3.8, 4) is 11.5 Å². The van der Waals surface area contributed by atoms with Gasteiger partial charge in [-0.15, -0.1) is 11.3 Å². The molecule has 0 fully saturated rings. The summed E-state index contributed by atoms with van der Waals surface area (Å²) in [6.07, 6.45) is 1.62. The van der Waals surface area contributed by atoms with E-state index in [0.717, 1.165) is 28.1 Å². The van der Waals surface area contributed by atoms with Crippen molar-refractivity contribution in [3.63, 3.8) is 0 Å². The highest BCUT2D eigenvalue weighted by molar-refractivity contribution is 7.14. The van der Waals surface area contributed by atoms with E-state index in [0.29, 0.717) is 5.13 Å². The maximum absolute atomic E-state index is 12.9. The van der Waals surface area contributed by atoms with Gasteiger partial charge in [-0.1, -0.05) is 24.3 Å². The van der Waals surface area contributed by atoms with Gasteiger partial charge in [0, 0.05) is 12.4 Å². The predicted octanol–water partition coefficient (Wildman–Crippen LogP) is 4.28. The summed E-state index contributed by atoms with van der Waals surface area (Å²) in [6, 6.07) is 14.1. The Morgan fingerprint density at radius 1 is 1.12 bits per heavy atom. The maximum atomic E-state index is 12.9. The second-order valence-corrected chi connectivity index (χ2v) is 6.30. The average molecular weight is 351 g/mol. The van der Waals surface area contributed by atoms with Crippen LogP contribution in [0.2, 0.25) is 0 Å². The van der Waals surface area contributed by atoms with Crippen LogP contribution in [0.1, 0.15) is 5.56 Å². The van der Waals surface area contributed by atoms with E-state index in [1.54, 1.807) is 18.3 Å². The number of hydrazone groups is 1. The topological polar surface area (TPSA) is 55.1 Å². The zero-order valence-electron chi connectivity index (χ0n) is 13.3. The Morgan fingerprint density at radius 2 is 1.92 bits per heavy atom. The van der Waals surface area contributed by atoms with Gasteiger partial charge in [0.15, 0.2) is 5.82 Å². The van der Waals surface area contributed by atoms with E-state index in [4.69, 9.17) is 0 Å². The van der Waals surface area contributed by atoms with Crippen molar-refractivity contribution in [3.05, 3.63) is 65.3 Å². The van der Waals surface area contributed by atoms with Crippen LogP contribution in [0, 0.1) is 5.82 Å². The molecule has 0 unspecified atom stereocenters. The van der Waals surface area contributed by atoms with Gasteiger partial charge >= 0.3 is 0 Å². The minimum absolute atomic E-state index is 0.267. The molecular weight excluding hydrogens is 337 g/mol. The van der Waals surface area contributed by atoms with Crippen molar-refractivity contribution >= 4 is 33.7 Å². The number of benzene rings is 2. The normalized spacial score (nSPS) is 11.4. The van der Waals surface area contributed by atoms with E-state index in [2.05, 4.69) is 20.5 Å². The molecule has 0 aliphatic carbocycles. The number of hydrogen-bond donors (Lipinski definition) is 1. The lowest BCUT2D eigenvalue weighted by molar-refractivity contribution is 0.628. The third-order valence-electron chi connectivity index (χ3n) is 3.76. The summed E-state index contributed by atoms with van der Waals surface area (Å²) < 4.78 is 14.9. The molecule has 2 aromatic carbocycles. The molecule has 0 aliphatic rings. The Bertz CT molecular complexity index is 1050. The first-order valence-corrected chi connectivity index (χ1v) is 8.51. The number of halogens is 1. The summed E-state index contributed by atoms with van der Waals surface area (Å²) in [6.45, 7) is 0. The van der Waals surface area contributed by atoms with Gasteiger partial charge < -0.3 is 4.57 Å². The Kier molecular flexibility index (Phi) is 3.99. The number of nitrogens with zero attached hydrogens (tertiary/aromatic N) is 4. The average Bonchev–Trinajstić information content (AvgIpc) is 3.22. The quantitative estimate of drug-likeness (QED) is 0.441. The molecule has 2 aromatic heterocycles. The first-order valence-electron chi connectivity index (χ1n) is 7.63. The molecule has 1 N–H and O–H groups in total. The van der Waals surface area contributed by atoms with Gasteiger partial charge in [0.2, 0.25) is 5.13 Å². The van der Waals surface area contributed by atoms with E-state index < -0.39 is 0 Å². The van der Waals surface area contributed by atoms with Crippen LogP contribution in [-0.4, -0.2) is 20.7 Å². The Labute approximate surface area is 147 Å².